The molecule has 0 spiro atoms. The summed E-state index contributed by atoms with van der Waals surface area (Å²) in [5, 5.41) is 10.5. The fraction of sp³-hybridized carbons (Fsp3) is 0.333. The van der Waals surface area contributed by atoms with Crippen LogP contribution in [0.2, 0.25) is 0 Å². The number of aryl methyl sites for hydroxylation is 1. The number of carbonyl (C=O) groups excluding carboxylic acids is 2. The topological polar surface area (TPSA) is 106 Å². The van der Waals surface area contributed by atoms with Gasteiger partial charge in [-0.05, 0) is 50.4 Å². The van der Waals surface area contributed by atoms with E-state index in [0.717, 1.165) is 23.1 Å². The molecule has 0 aliphatic rings. The summed E-state index contributed by atoms with van der Waals surface area (Å²) in [5.41, 5.74) is -2.05. The van der Waals surface area contributed by atoms with Crippen LogP contribution in [-0.4, -0.2) is 27.7 Å². The van der Waals surface area contributed by atoms with Gasteiger partial charge in [-0.25, -0.2) is 4.79 Å². The Morgan fingerprint density at radius 2 is 1.88 bits per heavy atom. The molecule has 176 valence electrons. The monoisotopic (exact) mass is 482 g/mol. The minimum atomic E-state index is -4.63. The highest BCUT2D eigenvalue weighted by Crippen LogP contribution is 2.34. The highest BCUT2D eigenvalue weighted by molar-refractivity contribution is 7.13. The summed E-state index contributed by atoms with van der Waals surface area (Å²) in [6.45, 7) is 4.93. The number of hydrogen-bond acceptors (Lipinski definition) is 7. The van der Waals surface area contributed by atoms with Gasteiger partial charge in [0.05, 0.1) is 21.8 Å². The predicted molar refractivity (Wildman–Crippen MR) is 116 cm³/mol. The van der Waals surface area contributed by atoms with Crippen molar-refractivity contribution in [1.82, 2.24) is 10.1 Å². The Hall–Kier alpha value is -3.41. The van der Waals surface area contributed by atoms with Crippen LogP contribution in [0.3, 0.4) is 0 Å². The number of rotatable bonds is 6. The molecule has 2 amide bonds. The zero-order valence-electron chi connectivity index (χ0n) is 17.9. The fourth-order valence-corrected chi connectivity index (χ4v) is 3.29. The van der Waals surface area contributed by atoms with E-state index in [1.54, 1.807) is 20.8 Å². The van der Waals surface area contributed by atoms with E-state index in [1.807, 2.05) is 17.5 Å². The molecule has 0 atom stereocenters. The summed E-state index contributed by atoms with van der Waals surface area (Å²) in [6, 6.07) is 6.24. The van der Waals surface area contributed by atoms with Crippen LogP contribution in [0, 0.1) is 0 Å². The van der Waals surface area contributed by atoms with E-state index in [4.69, 9.17) is 9.26 Å². The van der Waals surface area contributed by atoms with Crippen molar-refractivity contribution in [3.05, 3.63) is 47.2 Å². The SMILES string of the molecule is CC(C)(C)OC(=O)Nc1ccc(C(F)(F)F)cc1NC(=O)CCc1nc(-c2cccs2)no1. The molecule has 0 saturated carbocycles. The van der Waals surface area contributed by atoms with Crippen molar-refractivity contribution >= 4 is 34.7 Å². The summed E-state index contributed by atoms with van der Waals surface area (Å²) in [4.78, 5) is 29.5. The van der Waals surface area contributed by atoms with Crippen LogP contribution in [0.1, 0.15) is 38.6 Å². The van der Waals surface area contributed by atoms with Gasteiger partial charge in [0, 0.05) is 12.8 Å². The van der Waals surface area contributed by atoms with E-state index in [9.17, 15) is 22.8 Å². The van der Waals surface area contributed by atoms with Gasteiger partial charge in [-0.2, -0.15) is 18.2 Å². The molecule has 1 aromatic carbocycles. The Kier molecular flexibility index (Phi) is 7.06. The molecule has 0 aliphatic heterocycles. The number of thiophene rings is 1. The van der Waals surface area contributed by atoms with Crippen molar-refractivity contribution in [3.63, 3.8) is 0 Å². The van der Waals surface area contributed by atoms with Crippen molar-refractivity contribution in [1.29, 1.82) is 0 Å². The lowest BCUT2D eigenvalue weighted by Crippen LogP contribution is -2.27. The number of amides is 2. The van der Waals surface area contributed by atoms with Gasteiger partial charge in [0.2, 0.25) is 17.6 Å². The molecule has 0 bridgehead atoms. The number of halogens is 3. The van der Waals surface area contributed by atoms with Crippen LogP contribution in [-0.2, 0) is 22.1 Å². The first-order valence-corrected chi connectivity index (χ1v) is 10.7. The Balaban J connectivity index is 1.70. The average molecular weight is 482 g/mol. The van der Waals surface area contributed by atoms with Gasteiger partial charge in [0.1, 0.15) is 5.60 Å². The van der Waals surface area contributed by atoms with Crippen molar-refractivity contribution in [3.8, 4) is 10.7 Å². The summed E-state index contributed by atoms with van der Waals surface area (Å²) in [6.07, 6.45) is -5.55. The van der Waals surface area contributed by atoms with Crippen LogP contribution >= 0.6 is 11.3 Å². The standard InChI is InChI=1S/C21H21F3N4O4S/c1-20(2,3)31-19(30)26-13-7-6-12(21(22,23)24)11-14(13)25-16(29)8-9-17-27-18(28-32-17)15-5-4-10-33-15/h4-7,10-11H,8-9H2,1-3H3,(H,25,29)(H,26,30). The molecule has 12 heteroatoms. The first kappa shape index (κ1) is 24.2. The first-order chi connectivity index (χ1) is 15.4. The largest absolute Gasteiger partial charge is 0.444 e. The number of hydrogen-bond donors (Lipinski definition) is 2. The summed E-state index contributed by atoms with van der Waals surface area (Å²) >= 11 is 1.43. The first-order valence-electron chi connectivity index (χ1n) is 9.78. The predicted octanol–water partition coefficient (Wildman–Crippen LogP) is 5.74. The maximum Gasteiger partial charge on any atom is 0.416 e. The Morgan fingerprint density at radius 1 is 1.12 bits per heavy atom. The third kappa shape index (κ3) is 7.04. The summed E-state index contributed by atoms with van der Waals surface area (Å²) in [5.74, 6) is 0.00395. The highest BCUT2D eigenvalue weighted by atomic mass is 32.1. The second kappa shape index (κ2) is 9.61. The molecule has 3 aromatic rings. The van der Waals surface area contributed by atoms with Crippen LogP contribution in [0.25, 0.3) is 10.7 Å². The second-order valence-corrected chi connectivity index (χ2v) is 8.87. The van der Waals surface area contributed by atoms with Gasteiger partial charge in [0.25, 0.3) is 0 Å². The third-order valence-electron chi connectivity index (χ3n) is 4.03. The van der Waals surface area contributed by atoms with Crippen molar-refractivity contribution in [2.45, 2.75) is 45.4 Å². The van der Waals surface area contributed by atoms with E-state index in [1.165, 1.54) is 11.3 Å². The van der Waals surface area contributed by atoms with E-state index in [-0.39, 0.29) is 30.1 Å². The molecule has 2 heterocycles. The van der Waals surface area contributed by atoms with E-state index in [2.05, 4.69) is 20.8 Å². The molecule has 0 radical (unpaired) electrons. The summed E-state index contributed by atoms with van der Waals surface area (Å²) < 4.78 is 49.7. The van der Waals surface area contributed by atoms with Crippen LogP contribution in [0.4, 0.5) is 29.3 Å². The summed E-state index contributed by atoms with van der Waals surface area (Å²) in [7, 11) is 0. The lowest BCUT2D eigenvalue weighted by atomic mass is 10.1. The third-order valence-corrected chi connectivity index (χ3v) is 4.90. The number of nitrogens with one attached hydrogen (secondary N) is 2. The van der Waals surface area contributed by atoms with E-state index < -0.39 is 29.3 Å². The van der Waals surface area contributed by atoms with Crippen LogP contribution < -0.4 is 10.6 Å². The Labute approximate surface area is 191 Å². The van der Waals surface area contributed by atoms with Crippen molar-refractivity contribution in [2.75, 3.05) is 10.6 Å². The fourth-order valence-electron chi connectivity index (χ4n) is 2.64. The lowest BCUT2D eigenvalue weighted by Gasteiger charge is -2.21. The molecule has 3 rings (SSSR count). The number of anilines is 2. The number of ether oxygens (including phenoxy) is 1. The zero-order valence-corrected chi connectivity index (χ0v) is 18.8. The molecular weight excluding hydrogens is 461 g/mol. The number of carbonyl (C=O) groups is 2. The average Bonchev–Trinajstić information content (AvgIpc) is 3.37. The minimum Gasteiger partial charge on any atom is -0.444 e. The van der Waals surface area contributed by atoms with Crippen molar-refractivity contribution < 1.29 is 32.0 Å². The molecule has 0 unspecified atom stereocenters. The lowest BCUT2D eigenvalue weighted by molar-refractivity contribution is -0.137. The minimum absolute atomic E-state index is 0.0385. The maximum atomic E-state index is 13.2. The molecular formula is C21H21F3N4O4S. The Morgan fingerprint density at radius 3 is 2.52 bits per heavy atom. The van der Waals surface area contributed by atoms with Gasteiger partial charge in [0.15, 0.2) is 0 Å². The molecule has 0 saturated heterocycles. The van der Waals surface area contributed by atoms with Crippen LogP contribution in [0.5, 0.6) is 0 Å². The number of benzene rings is 1. The molecule has 33 heavy (non-hydrogen) atoms. The second-order valence-electron chi connectivity index (χ2n) is 7.92. The maximum absolute atomic E-state index is 13.2. The van der Waals surface area contributed by atoms with Crippen molar-refractivity contribution in [2.24, 2.45) is 0 Å². The van der Waals surface area contributed by atoms with Gasteiger partial charge >= 0.3 is 12.3 Å². The smallest absolute Gasteiger partial charge is 0.416 e. The molecule has 2 aromatic heterocycles. The number of aromatic nitrogens is 2. The molecule has 8 nitrogen and oxygen atoms in total. The van der Waals surface area contributed by atoms with E-state index >= 15 is 0 Å². The van der Waals surface area contributed by atoms with Gasteiger partial charge in [-0.3, -0.25) is 10.1 Å². The normalized spacial score (nSPS) is 11.8. The van der Waals surface area contributed by atoms with Gasteiger partial charge in [-0.15, -0.1) is 11.3 Å². The van der Waals surface area contributed by atoms with Gasteiger partial charge in [-0.1, -0.05) is 11.2 Å². The molecule has 2 N–H and O–H groups in total. The Bertz CT molecular complexity index is 1120. The van der Waals surface area contributed by atoms with E-state index in [0.29, 0.717) is 5.82 Å². The van der Waals surface area contributed by atoms with Gasteiger partial charge < -0.3 is 14.6 Å². The highest BCUT2D eigenvalue weighted by Gasteiger charge is 2.31. The van der Waals surface area contributed by atoms with Crippen LogP contribution in [0.15, 0.2) is 40.2 Å². The number of alkyl halides is 3. The number of nitrogens with zero attached hydrogens (tertiary/aromatic N) is 2. The zero-order chi connectivity index (χ0) is 24.2. The molecule has 0 fully saturated rings. The molecule has 0 aliphatic carbocycles. The quantitative estimate of drug-likeness (QED) is 0.464.